The minimum absolute atomic E-state index is 0.0542. The molecule has 1 saturated heterocycles. The van der Waals surface area contributed by atoms with E-state index in [1.54, 1.807) is 13.0 Å². The fraction of sp³-hybridized carbons (Fsp3) is 0.364. The second-order valence-corrected chi connectivity index (χ2v) is 10.9. The zero-order chi connectivity index (χ0) is 33.8. The van der Waals surface area contributed by atoms with Crippen molar-refractivity contribution in [3.8, 4) is 11.4 Å². The second kappa shape index (κ2) is 16.7. The molecule has 1 saturated carbocycles. The number of hydrogen-bond donors (Lipinski definition) is 4. The first-order valence-corrected chi connectivity index (χ1v) is 15.3. The molecule has 0 radical (unpaired) electrons. The van der Waals surface area contributed by atoms with Crippen LogP contribution in [0.5, 0.6) is 0 Å². The molecule has 2 fully saturated rings. The standard InChI is InChI=1S/C32H36N6O6.CH2O2/c1-2-44-32(43)38-17-15-37(16-18-38)31(42)24(13-14-28(39)40)35-30(41)26-20-27(36-29(34-26)22-11-7-4-8-12-22)33-25-19-23(25)21-9-5-3-6-10-21;2-1-3/h3-12,20,23-25H,2,13-19H2,1H3,(H,35,41)(H,39,40)(H,33,34,36);1H,(H,2,3)/t23-,24?,25+;/m0./s1. The fourth-order valence-corrected chi connectivity index (χ4v) is 5.27. The van der Waals surface area contributed by atoms with Crippen molar-refractivity contribution < 1.29 is 38.9 Å². The first-order chi connectivity index (χ1) is 22.7. The number of nitrogens with zero attached hydrogens (tertiary/aromatic N) is 4. The van der Waals surface area contributed by atoms with Crippen LogP contribution in [0.1, 0.15) is 48.2 Å². The molecular formula is C33H38N6O8. The number of rotatable bonds is 11. The van der Waals surface area contributed by atoms with Gasteiger partial charge < -0.3 is 35.4 Å². The lowest BCUT2D eigenvalue weighted by molar-refractivity contribution is -0.138. The topological polar surface area (TPSA) is 191 Å². The lowest BCUT2D eigenvalue weighted by Crippen LogP contribution is -2.56. The van der Waals surface area contributed by atoms with Crippen molar-refractivity contribution in [1.82, 2.24) is 25.1 Å². The molecule has 1 aliphatic carbocycles. The van der Waals surface area contributed by atoms with Crippen LogP contribution in [0.2, 0.25) is 0 Å². The molecule has 3 atom stereocenters. The van der Waals surface area contributed by atoms with Crippen LogP contribution in [0, 0.1) is 0 Å². The van der Waals surface area contributed by atoms with Crippen LogP contribution in [0.3, 0.4) is 0 Å². The van der Waals surface area contributed by atoms with E-state index in [-0.39, 0.29) is 63.8 Å². The molecule has 14 heteroatoms. The van der Waals surface area contributed by atoms with E-state index >= 15 is 0 Å². The molecule has 14 nitrogen and oxygen atoms in total. The maximum atomic E-state index is 13.6. The van der Waals surface area contributed by atoms with Gasteiger partial charge in [-0.15, -0.1) is 0 Å². The molecule has 2 heterocycles. The third-order valence-electron chi connectivity index (χ3n) is 7.71. The quantitative estimate of drug-likeness (QED) is 0.224. The molecule has 3 aromatic rings. The number of aliphatic carboxylic acids is 1. The number of aromatic nitrogens is 2. The molecule has 0 spiro atoms. The van der Waals surface area contributed by atoms with Gasteiger partial charge >= 0.3 is 12.1 Å². The van der Waals surface area contributed by atoms with Crippen molar-refractivity contribution in [3.05, 3.63) is 78.0 Å². The maximum Gasteiger partial charge on any atom is 0.409 e. The Kier molecular flexibility index (Phi) is 12.2. The largest absolute Gasteiger partial charge is 0.483 e. The minimum Gasteiger partial charge on any atom is -0.483 e. The molecule has 1 aliphatic heterocycles. The highest BCUT2D eigenvalue weighted by atomic mass is 16.6. The molecule has 1 aromatic heterocycles. The van der Waals surface area contributed by atoms with E-state index in [2.05, 4.69) is 32.7 Å². The van der Waals surface area contributed by atoms with Crippen LogP contribution in [-0.4, -0.2) is 105 Å². The maximum absolute atomic E-state index is 13.6. The van der Waals surface area contributed by atoms with Gasteiger partial charge in [0.1, 0.15) is 17.6 Å². The Balaban J connectivity index is 0.00000160. The third kappa shape index (κ3) is 9.73. The minimum atomic E-state index is -1.09. The van der Waals surface area contributed by atoms with Gasteiger partial charge in [0.15, 0.2) is 5.82 Å². The third-order valence-corrected chi connectivity index (χ3v) is 7.71. The van der Waals surface area contributed by atoms with Gasteiger partial charge in [-0.1, -0.05) is 60.7 Å². The monoisotopic (exact) mass is 646 g/mol. The van der Waals surface area contributed by atoms with E-state index in [1.165, 1.54) is 15.4 Å². The highest BCUT2D eigenvalue weighted by Gasteiger charge is 2.39. The molecule has 5 rings (SSSR count). The van der Waals surface area contributed by atoms with Crippen molar-refractivity contribution in [3.63, 3.8) is 0 Å². The molecule has 47 heavy (non-hydrogen) atoms. The smallest absolute Gasteiger partial charge is 0.409 e. The Morgan fingerprint density at radius 3 is 2.21 bits per heavy atom. The summed E-state index contributed by atoms with van der Waals surface area (Å²) in [5.41, 5.74) is 2.00. The van der Waals surface area contributed by atoms with Gasteiger partial charge in [-0.3, -0.25) is 19.2 Å². The van der Waals surface area contributed by atoms with E-state index in [9.17, 15) is 24.3 Å². The van der Waals surface area contributed by atoms with Crippen molar-refractivity contribution >= 4 is 36.2 Å². The van der Waals surface area contributed by atoms with E-state index in [1.807, 2.05) is 48.5 Å². The van der Waals surface area contributed by atoms with Gasteiger partial charge in [-0.05, 0) is 25.3 Å². The van der Waals surface area contributed by atoms with Crippen molar-refractivity contribution in [2.75, 3.05) is 38.1 Å². The predicted molar refractivity (Wildman–Crippen MR) is 171 cm³/mol. The number of anilines is 1. The van der Waals surface area contributed by atoms with Crippen LogP contribution in [0.25, 0.3) is 11.4 Å². The number of hydrogen-bond acceptors (Lipinski definition) is 9. The van der Waals surface area contributed by atoms with Gasteiger partial charge in [0.2, 0.25) is 5.91 Å². The van der Waals surface area contributed by atoms with Gasteiger partial charge in [-0.2, -0.15) is 0 Å². The number of piperazine rings is 1. The fourth-order valence-electron chi connectivity index (χ4n) is 5.27. The van der Waals surface area contributed by atoms with E-state index in [0.29, 0.717) is 17.6 Å². The van der Waals surface area contributed by atoms with E-state index < -0.39 is 29.9 Å². The Hall–Kier alpha value is -5.53. The number of carbonyl (C=O) groups is 5. The van der Waals surface area contributed by atoms with Crippen LogP contribution in [0.15, 0.2) is 66.7 Å². The van der Waals surface area contributed by atoms with E-state index in [4.69, 9.17) is 14.6 Å². The average Bonchev–Trinajstić information content (AvgIpc) is 3.86. The SMILES string of the molecule is CCOC(=O)N1CCN(C(=O)C(CCC(=O)O)NC(=O)c2cc(N[C@@H]3C[C@H]3c3ccccc3)nc(-c3ccccc3)n2)CC1.O=CO. The number of nitrogens with one attached hydrogen (secondary N) is 2. The molecule has 4 N–H and O–H groups in total. The van der Waals surface area contributed by atoms with Gasteiger partial charge in [0, 0.05) is 56.2 Å². The number of carbonyl (C=O) groups excluding carboxylic acids is 3. The molecule has 1 unspecified atom stereocenters. The molecule has 2 aliphatic rings. The Labute approximate surface area is 271 Å². The summed E-state index contributed by atoms with van der Waals surface area (Å²) in [4.78, 5) is 71.2. The number of ether oxygens (including phenoxy) is 1. The normalized spacial score (nSPS) is 17.3. The summed E-state index contributed by atoms with van der Waals surface area (Å²) >= 11 is 0. The highest BCUT2D eigenvalue weighted by molar-refractivity contribution is 5.97. The Morgan fingerprint density at radius 2 is 1.60 bits per heavy atom. The highest BCUT2D eigenvalue weighted by Crippen LogP contribution is 2.42. The van der Waals surface area contributed by atoms with Gasteiger partial charge in [0.25, 0.3) is 12.4 Å². The zero-order valence-corrected chi connectivity index (χ0v) is 25.9. The van der Waals surface area contributed by atoms with Crippen molar-refractivity contribution in [2.24, 2.45) is 0 Å². The molecule has 0 bridgehead atoms. The van der Waals surface area contributed by atoms with Crippen LogP contribution in [-0.2, 0) is 19.1 Å². The summed E-state index contributed by atoms with van der Waals surface area (Å²) in [6, 6.07) is 20.1. The van der Waals surface area contributed by atoms with Gasteiger partial charge in [-0.25, -0.2) is 14.8 Å². The average molecular weight is 647 g/mol. The zero-order valence-electron chi connectivity index (χ0n) is 25.9. The summed E-state index contributed by atoms with van der Waals surface area (Å²) < 4.78 is 5.04. The summed E-state index contributed by atoms with van der Waals surface area (Å²) in [6.45, 7) is 2.75. The second-order valence-electron chi connectivity index (χ2n) is 10.9. The van der Waals surface area contributed by atoms with Gasteiger partial charge in [0.05, 0.1) is 6.61 Å². The number of amides is 3. The summed E-state index contributed by atoms with van der Waals surface area (Å²) in [5, 5.41) is 22.4. The Bertz CT molecular complexity index is 1530. The first-order valence-electron chi connectivity index (χ1n) is 15.3. The lowest BCUT2D eigenvalue weighted by Gasteiger charge is -2.35. The number of benzene rings is 2. The first kappa shape index (κ1) is 34.3. The van der Waals surface area contributed by atoms with Crippen molar-refractivity contribution in [1.29, 1.82) is 0 Å². The molecule has 3 amide bonds. The summed E-state index contributed by atoms with van der Waals surface area (Å²) in [6.07, 6.45) is 0.0684. The van der Waals surface area contributed by atoms with Crippen LogP contribution in [0.4, 0.5) is 10.6 Å². The number of carboxylic acid groups (broad SMARTS) is 2. The van der Waals surface area contributed by atoms with Crippen LogP contribution < -0.4 is 10.6 Å². The molecular weight excluding hydrogens is 608 g/mol. The predicted octanol–water partition coefficient (Wildman–Crippen LogP) is 3.08. The Morgan fingerprint density at radius 1 is 0.979 bits per heavy atom. The van der Waals surface area contributed by atoms with Crippen LogP contribution >= 0.6 is 0 Å². The summed E-state index contributed by atoms with van der Waals surface area (Å²) in [5.74, 6) is -0.955. The number of carboxylic acids is 1. The summed E-state index contributed by atoms with van der Waals surface area (Å²) in [7, 11) is 0. The lowest BCUT2D eigenvalue weighted by atomic mass is 10.1. The van der Waals surface area contributed by atoms with Crippen molar-refractivity contribution in [2.45, 2.75) is 44.2 Å². The molecule has 248 valence electrons. The van der Waals surface area contributed by atoms with E-state index in [0.717, 1.165) is 12.0 Å². The molecule has 2 aromatic carbocycles.